The molecule has 0 N–H and O–H groups in total. The monoisotopic (exact) mass is 244 g/mol. The number of esters is 1. The second-order valence-corrected chi connectivity index (χ2v) is 4.24. The van der Waals surface area contributed by atoms with E-state index in [1.54, 1.807) is 0 Å². The summed E-state index contributed by atoms with van der Waals surface area (Å²) in [5.41, 5.74) is 0. The lowest BCUT2D eigenvalue weighted by Gasteiger charge is -2.13. The summed E-state index contributed by atoms with van der Waals surface area (Å²) in [5, 5.41) is 2.31. The van der Waals surface area contributed by atoms with Crippen LogP contribution in [0.4, 0.5) is 0 Å². The van der Waals surface area contributed by atoms with Crippen molar-refractivity contribution in [1.29, 1.82) is 0 Å². The average molecular weight is 244 g/mol. The molecule has 2 aromatic carbocycles. The Hall–Kier alpha value is -2.03. The van der Waals surface area contributed by atoms with E-state index in [4.69, 9.17) is 9.47 Å². The molecule has 0 spiro atoms. The minimum Gasteiger partial charge on any atom is -0.490 e. The van der Waals surface area contributed by atoms with Crippen LogP contribution in [-0.2, 0) is 9.53 Å². The van der Waals surface area contributed by atoms with Gasteiger partial charge in [0.05, 0.1) is 0 Å². The Morgan fingerprint density at radius 1 is 1.17 bits per heavy atom. The van der Waals surface area contributed by atoms with Gasteiger partial charge < -0.3 is 9.47 Å². The van der Waals surface area contributed by atoms with Gasteiger partial charge in [-0.3, -0.25) is 4.79 Å². The zero-order valence-corrected chi connectivity index (χ0v) is 10.6. The van der Waals surface area contributed by atoms with Crippen LogP contribution < -0.4 is 4.74 Å². The van der Waals surface area contributed by atoms with E-state index in [1.165, 1.54) is 12.3 Å². The molecule has 18 heavy (non-hydrogen) atoms. The van der Waals surface area contributed by atoms with E-state index in [-0.39, 0.29) is 12.1 Å². The maximum Gasteiger partial charge on any atom is 0.303 e. The standard InChI is InChI=1S/C15H16O3/c1-11(18-12(2)16)10-17-15-8-7-13-5-3-4-6-14(13)9-15/h3-9,11H,10H2,1-2H3. The molecule has 0 fully saturated rings. The second kappa shape index (κ2) is 5.54. The van der Waals surface area contributed by atoms with Crippen molar-refractivity contribution in [2.45, 2.75) is 20.0 Å². The molecule has 2 aromatic rings. The third kappa shape index (κ3) is 3.23. The number of benzene rings is 2. The van der Waals surface area contributed by atoms with Crippen molar-refractivity contribution in [3.8, 4) is 5.75 Å². The molecule has 0 saturated heterocycles. The fourth-order valence-electron chi connectivity index (χ4n) is 1.79. The van der Waals surface area contributed by atoms with E-state index in [1.807, 2.05) is 43.3 Å². The first kappa shape index (κ1) is 12.4. The SMILES string of the molecule is CC(=O)OC(C)COc1ccc2ccccc2c1. The molecule has 0 aliphatic carbocycles. The Morgan fingerprint density at radius 2 is 1.89 bits per heavy atom. The highest BCUT2D eigenvalue weighted by Crippen LogP contribution is 2.20. The van der Waals surface area contributed by atoms with E-state index in [9.17, 15) is 4.79 Å². The molecule has 0 saturated carbocycles. The predicted molar refractivity (Wildman–Crippen MR) is 70.7 cm³/mol. The maximum atomic E-state index is 10.8. The summed E-state index contributed by atoms with van der Waals surface area (Å²) < 4.78 is 10.6. The summed E-state index contributed by atoms with van der Waals surface area (Å²) in [4.78, 5) is 10.8. The topological polar surface area (TPSA) is 35.5 Å². The van der Waals surface area contributed by atoms with E-state index in [2.05, 4.69) is 6.07 Å². The summed E-state index contributed by atoms with van der Waals surface area (Å²) in [6.45, 7) is 3.56. The van der Waals surface area contributed by atoms with Gasteiger partial charge in [0.2, 0.25) is 0 Å². The normalized spacial score (nSPS) is 12.1. The van der Waals surface area contributed by atoms with Gasteiger partial charge in [-0.2, -0.15) is 0 Å². The van der Waals surface area contributed by atoms with E-state index in [0.717, 1.165) is 11.1 Å². The van der Waals surface area contributed by atoms with Crippen molar-refractivity contribution in [1.82, 2.24) is 0 Å². The Bertz CT molecular complexity index is 548. The van der Waals surface area contributed by atoms with Crippen molar-refractivity contribution in [2.24, 2.45) is 0 Å². The number of carbonyl (C=O) groups excluding carboxylic acids is 1. The molecule has 0 heterocycles. The minimum absolute atomic E-state index is 0.242. The average Bonchev–Trinajstić information content (AvgIpc) is 2.35. The highest BCUT2D eigenvalue weighted by molar-refractivity contribution is 5.83. The second-order valence-electron chi connectivity index (χ2n) is 4.24. The quantitative estimate of drug-likeness (QED) is 0.775. The van der Waals surface area contributed by atoms with Crippen molar-refractivity contribution in [3.63, 3.8) is 0 Å². The van der Waals surface area contributed by atoms with Gasteiger partial charge in [-0.1, -0.05) is 30.3 Å². The van der Waals surface area contributed by atoms with Crippen LogP contribution in [0.2, 0.25) is 0 Å². The van der Waals surface area contributed by atoms with Crippen molar-refractivity contribution >= 4 is 16.7 Å². The van der Waals surface area contributed by atoms with Crippen LogP contribution in [-0.4, -0.2) is 18.7 Å². The van der Waals surface area contributed by atoms with Crippen molar-refractivity contribution < 1.29 is 14.3 Å². The lowest BCUT2D eigenvalue weighted by Crippen LogP contribution is -2.20. The highest BCUT2D eigenvalue weighted by atomic mass is 16.6. The van der Waals surface area contributed by atoms with Crippen LogP contribution in [0.3, 0.4) is 0 Å². The molecule has 1 atom stereocenters. The number of hydrogen-bond acceptors (Lipinski definition) is 3. The van der Waals surface area contributed by atoms with Gasteiger partial charge in [0.25, 0.3) is 0 Å². The molecule has 0 radical (unpaired) electrons. The fraction of sp³-hybridized carbons (Fsp3) is 0.267. The van der Waals surface area contributed by atoms with Gasteiger partial charge in [0, 0.05) is 6.92 Å². The van der Waals surface area contributed by atoms with E-state index >= 15 is 0 Å². The van der Waals surface area contributed by atoms with Crippen molar-refractivity contribution in [3.05, 3.63) is 42.5 Å². The molecular formula is C15H16O3. The summed E-state index contributed by atoms with van der Waals surface area (Å²) in [5.74, 6) is 0.498. The first-order chi connectivity index (χ1) is 8.65. The number of hydrogen-bond donors (Lipinski definition) is 0. The van der Waals surface area contributed by atoms with Crippen LogP contribution in [0.25, 0.3) is 10.8 Å². The van der Waals surface area contributed by atoms with E-state index < -0.39 is 0 Å². The number of fused-ring (bicyclic) bond motifs is 1. The lowest BCUT2D eigenvalue weighted by atomic mass is 10.1. The number of carbonyl (C=O) groups is 1. The zero-order valence-electron chi connectivity index (χ0n) is 10.6. The molecule has 94 valence electrons. The number of rotatable bonds is 4. The van der Waals surface area contributed by atoms with Crippen LogP contribution in [0.15, 0.2) is 42.5 Å². The van der Waals surface area contributed by atoms with Gasteiger partial charge >= 0.3 is 5.97 Å². The molecule has 0 aliphatic rings. The van der Waals surface area contributed by atoms with Crippen molar-refractivity contribution in [2.75, 3.05) is 6.61 Å². The summed E-state index contributed by atoms with van der Waals surface area (Å²) >= 11 is 0. The molecule has 1 unspecified atom stereocenters. The largest absolute Gasteiger partial charge is 0.490 e. The summed E-state index contributed by atoms with van der Waals surface area (Å²) in [7, 11) is 0. The van der Waals surface area contributed by atoms with Crippen LogP contribution >= 0.6 is 0 Å². The van der Waals surface area contributed by atoms with E-state index in [0.29, 0.717) is 6.61 Å². The Labute approximate surface area is 106 Å². The van der Waals surface area contributed by atoms with Gasteiger partial charge in [-0.25, -0.2) is 0 Å². The summed E-state index contributed by atoms with van der Waals surface area (Å²) in [6, 6.07) is 14.0. The van der Waals surface area contributed by atoms with Gasteiger partial charge in [0.1, 0.15) is 18.5 Å². The first-order valence-electron chi connectivity index (χ1n) is 5.94. The van der Waals surface area contributed by atoms with Gasteiger partial charge in [-0.05, 0) is 29.8 Å². The molecule has 0 bridgehead atoms. The Morgan fingerprint density at radius 3 is 2.61 bits per heavy atom. The highest BCUT2D eigenvalue weighted by Gasteiger charge is 2.06. The third-order valence-corrected chi connectivity index (χ3v) is 2.57. The minimum atomic E-state index is -0.287. The first-order valence-corrected chi connectivity index (χ1v) is 5.94. The number of ether oxygens (including phenoxy) is 2. The zero-order chi connectivity index (χ0) is 13.0. The fourth-order valence-corrected chi connectivity index (χ4v) is 1.79. The molecule has 0 aromatic heterocycles. The van der Waals surface area contributed by atoms with Crippen LogP contribution in [0, 0.1) is 0 Å². The summed E-state index contributed by atoms with van der Waals surface area (Å²) in [6.07, 6.45) is -0.242. The third-order valence-electron chi connectivity index (χ3n) is 2.57. The lowest BCUT2D eigenvalue weighted by molar-refractivity contribution is -0.146. The molecule has 0 aliphatic heterocycles. The molecule has 3 heteroatoms. The molecule has 0 amide bonds. The Kier molecular flexibility index (Phi) is 3.82. The predicted octanol–water partition coefficient (Wildman–Crippen LogP) is 3.17. The molecule has 2 rings (SSSR count). The molecule has 3 nitrogen and oxygen atoms in total. The molecular weight excluding hydrogens is 228 g/mol. The van der Waals surface area contributed by atoms with Crippen LogP contribution in [0.1, 0.15) is 13.8 Å². The smallest absolute Gasteiger partial charge is 0.303 e. The van der Waals surface area contributed by atoms with Gasteiger partial charge in [0.15, 0.2) is 0 Å². The maximum absolute atomic E-state index is 10.8. The van der Waals surface area contributed by atoms with Gasteiger partial charge in [-0.15, -0.1) is 0 Å². The van der Waals surface area contributed by atoms with Crippen LogP contribution in [0.5, 0.6) is 5.75 Å². The Balaban J connectivity index is 2.01.